The van der Waals surface area contributed by atoms with Gasteiger partial charge in [-0.3, -0.25) is 13.9 Å². The van der Waals surface area contributed by atoms with Crippen LogP contribution in [0.15, 0.2) is 48.5 Å². The van der Waals surface area contributed by atoms with Crippen LogP contribution in [0.4, 0.5) is 10.1 Å². The smallest absolute Gasteiger partial charge is 0.242 e. The summed E-state index contributed by atoms with van der Waals surface area (Å²) in [6.45, 7) is 8.33. The van der Waals surface area contributed by atoms with Crippen molar-refractivity contribution in [2.24, 2.45) is 5.92 Å². The average molecular weight is 506 g/mol. The van der Waals surface area contributed by atoms with Gasteiger partial charge >= 0.3 is 0 Å². The number of para-hydroxylation sites is 1. The summed E-state index contributed by atoms with van der Waals surface area (Å²) in [6, 6.07) is 12.6. The number of carbonyl (C=O) groups excluding carboxylic acids is 2. The number of benzene rings is 2. The van der Waals surface area contributed by atoms with Gasteiger partial charge in [0.2, 0.25) is 21.8 Å². The predicted octanol–water partition coefficient (Wildman–Crippen LogP) is 3.87. The highest BCUT2D eigenvalue weighted by Gasteiger charge is 2.27. The molecular weight excluding hydrogens is 469 g/mol. The van der Waals surface area contributed by atoms with Gasteiger partial charge in [-0.05, 0) is 43.9 Å². The summed E-state index contributed by atoms with van der Waals surface area (Å²) in [7, 11) is -3.75. The van der Waals surface area contributed by atoms with Crippen molar-refractivity contribution in [3.8, 4) is 0 Å². The second-order valence-corrected chi connectivity index (χ2v) is 11.1. The highest BCUT2D eigenvalue weighted by atomic mass is 32.2. The zero-order valence-corrected chi connectivity index (χ0v) is 21.9. The normalized spacial score (nSPS) is 12.3. The van der Waals surface area contributed by atoms with Crippen LogP contribution in [0.25, 0.3) is 0 Å². The van der Waals surface area contributed by atoms with Gasteiger partial charge in [0.05, 0.1) is 11.9 Å². The van der Waals surface area contributed by atoms with Gasteiger partial charge in [0, 0.05) is 26.1 Å². The Hall–Kier alpha value is -2.94. The molecule has 2 aromatic rings. The fourth-order valence-corrected chi connectivity index (χ4v) is 4.53. The third-order valence-electron chi connectivity index (χ3n) is 5.60. The van der Waals surface area contributed by atoms with E-state index in [2.05, 4.69) is 5.32 Å². The van der Waals surface area contributed by atoms with E-state index in [0.29, 0.717) is 6.54 Å². The van der Waals surface area contributed by atoms with Crippen molar-refractivity contribution in [2.75, 3.05) is 23.7 Å². The van der Waals surface area contributed by atoms with Crippen LogP contribution < -0.4 is 9.62 Å². The third-order valence-corrected chi connectivity index (χ3v) is 6.78. The Bertz CT molecular complexity index is 1100. The van der Waals surface area contributed by atoms with Crippen LogP contribution in [0.3, 0.4) is 0 Å². The largest absolute Gasteiger partial charge is 0.354 e. The van der Waals surface area contributed by atoms with Gasteiger partial charge in [-0.1, -0.05) is 55.8 Å². The number of carbonyl (C=O) groups is 2. The zero-order valence-electron chi connectivity index (χ0n) is 21.1. The molecule has 0 fully saturated rings. The summed E-state index contributed by atoms with van der Waals surface area (Å²) >= 11 is 0. The van der Waals surface area contributed by atoms with Crippen molar-refractivity contribution >= 4 is 27.5 Å². The Labute approximate surface area is 208 Å². The molecule has 0 aliphatic carbocycles. The van der Waals surface area contributed by atoms with Gasteiger partial charge in [-0.25, -0.2) is 12.8 Å². The fraction of sp³-hybridized carbons (Fsp3) is 0.462. The molecule has 35 heavy (non-hydrogen) atoms. The first-order valence-electron chi connectivity index (χ1n) is 11.7. The van der Waals surface area contributed by atoms with Gasteiger partial charge in [0.1, 0.15) is 11.9 Å². The molecule has 2 amide bonds. The summed E-state index contributed by atoms with van der Waals surface area (Å²) in [4.78, 5) is 27.5. The number of aryl methyl sites for hydroxylation is 1. The SMILES string of the molecule is Cc1ccc(CN(C(=O)CCCN(c2ccccc2F)S(C)(=O)=O)[C@H](C)C(=O)NCC(C)C)cc1. The maximum atomic E-state index is 14.3. The lowest BCUT2D eigenvalue weighted by Gasteiger charge is -2.29. The van der Waals surface area contributed by atoms with Crippen LogP contribution in [0.5, 0.6) is 0 Å². The van der Waals surface area contributed by atoms with E-state index in [0.717, 1.165) is 21.7 Å². The first-order chi connectivity index (χ1) is 16.4. The molecule has 0 heterocycles. The Kier molecular flexibility index (Phi) is 10.2. The molecule has 192 valence electrons. The second kappa shape index (κ2) is 12.7. The van der Waals surface area contributed by atoms with Crippen LogP contribution >= 0.6 is 0 Å². The number of hydrogen-bond acceptors (Lipinski definition) is 4. The lowest BCUT2D eigenvalue weighted by molar-refractivity contribution is -0.140. The Morgan fingerprint density at radius 3 is 2.23 bits per heavy atom. The Morgan fingerprint density at radius 1 is 1.03 bits per heavy atom. The van der Waals surface area contributed by atoms with Crippen molar-refractivity contribution in [2.45, 2.75) is 53.1 Å². The van der Waals surface area contributed by atoms with Crippen molar-refractivity contribution in [1.29, 1.82) is 0 Å². The first kappa shape index (κ1) is 28.3. The summed E-state index contributed by atoms with van der Waals surface area (Å²) in [5.74, 6) is -0.906. The van der Waals surface area contributed by atoms with Crippen LogP contribution in [0.2, 0.25) is 0 Å². The van der Waals surface area contributed by atoms with Gasteiger partial charge in [-0.2, -0.15) is 0 Å². The molecule has 1 atom stereocenters. The van der Waals surface area contributed by atoms with Crippen LogP contribution in [0.1, 0.15) is 44.7 Å². The van der Waals surface area contributed by atoms with Crippen molar-refractivity contribution in [1.82, 2.24) is 10.2 Å². The van der Waals surface area contributed by atoms with Gasteiger partial charge in [-0.15, -0.1) is 0 Å². The summed E-state index contributed by atoms with van der Waals surface area (Å²) < 4.78 is 39.8. The number of hydrogen-bond donors (Lipinski definition) is 1. The molecular formula is C26H36FN3O4S. The van der Waals surface area contributed by atoms with E-state index in [4.69, 9.17) is 0 Å². The van der Waals surface area contributed by atoms with Crippen LogP contribution in [-0.2, 0) is 26.2 Å². The number of nitrogens with one attached hydrogen (secondary N) is 1. The minimum Gasteiger partial charge on any atom is -0.354 e. The number of anilines is 1. The summed E-state index contributed by atoms with van der Waals surface area (Å²) in [5.41, 5.74) is 1.92. The molecule has 1 N–H and O–H groups in total. The number of nitrogens with zero attached hydrogens (tertiary/aromatic N) is 2. The van der Waals surface area contributed by atoms with E-state index in [1.807, 2.05) is 45.0 Å². The molecule has 9 heteroatoms. The molecule has 0 unspecified atom stereocenters. The minimum atomic E-state index is -3.75. The predicted molar refractivity (Wildman–Crippen MR) is 137 cm³/mol. The first-order valence-corrected chi connectivity index (χ1v) is 13.6. The molecule has 0 saturated carbocycles. The molecule has 2 rings (SSSR count). The Morgan fingerprint density at radius 2 is 1.66 bits per heavy atom. The van der Waals surface area contributed by atoms with Crippen molar-refractivity contribution < 1.29 is 22.4 Å². The highest BCUT2D eigenvalue weighted by molar-refractivity contribution is 7.92. The van der Waals surface area contributed by atoms with Crippen LogP contribution in [0, 0.1) is 18.7 Å². The molecule has 0 bridgehead atoms. The zero-order chi connectivity index (χ0) is 26.2. The van der Waals surface area contributed by atoms with Gasteiger partial charge in [0.15, 0.2) is 0 Å². The highest BCUT2D eigenvalue weighted by Crippen LogP contribution is 2.22. The molecule has 0 aromatic heterocycles. The molecule has 0 aliphatic rings. The molecule has 0 aliphatic heterocycles. The lowest BCUT2D eigenvalue weighted by Crippen LogP contribution is -2.48. The number of rotatable bonds is 12. The maximum absolute atomic E-state index is 14.3. The van der Waals surface area contributed by atoms with E-state index < -0.39 is 21.9 Å². The molecule has 0 spiro atoms. The topological polar surface area (TPSA) is 86.8 Å². The maximum Gasteiger partial charge on any atom is 0.242 e. The number of halogens is 1. The monoisotopic (exact) mass is 505 g/mol. The Balaban J connectivity index is 2.16. The van der Waals surface area contributed by atoms with Crippen molar-refractivity contribution in [3.05, 3.63) is 65.5 Å². The van der Waals surface area contributed by atoms with E-state index in [1.165, 1.54) is 23.1 Å². The van der Waals surface area contributed by atoms with E-state index >= 15 is 0 Å². The van der Waals surface area contributed by atoms with Gasteiger partial charge < -0.3 is 10.2 Å². The third kappa shape index (κ3) is 8.65. The number of amides is 2. The quantitative estimate of drug-likeness (QED) is 0.475. The van der Waals surface area contributed by atoms with E-state index in [1.54, 1.807) is 13.0 Å². The minimum absolute atomic E-state index is 0.00807. The van der Waals surface area contributed by atoms with Gasteiger partial charge in [0.25, 0.3) is 0 Å². The molecule has 0 radical (unpaired) electrons. The van der Waals surface area contributed by atoms with E-state index in [9.17, 15) is 22.4 Å². The second-order valence-electron chi connectivity index (χ2n) is 9.21. The van der Waals surface area contributed by atoms with Crippen LogP contribution in [-0.4, -0.2) is 50.5 Å². The standard InChI is InChI=1S/C26H36FN3O4S/c1-19(2)17-28-26(32)21(4)29(18-22-14-12-20(3)13-15-22)25(31)11-8-16-30(35(5,33)34)24-10-7-6-9-23(24)27/h6-7,9-10,12-15,19,21H,8,11,16-18H2,1-5H3,(H,28,32)/t21-/m1/s1. The number of sulfonamides is 1. The molecule has 7 nitrogen and oxygen atoms in total. The fourth-order valence-electron chi connectivity index (χ4n) is 3.56. The molecule has 0 saturated heterocycles. The van der Waals surface area contributed by atoms with E-state index in [-0.39, 0.29) is 49.4 Å². The summed E-state index contributed by atoms with van der Waals surface area (Å²) in [6.07, 6.45) is 1.19. The van der Waals surface area contributed by atoms with Crippen molar-refractivity contribution in [3.63, 3.8) is 0 Å². The molecule has 2 aromatic carbocycles. The average Bonchev–Trinajstić information content (AvgIpc) is 2.79. The summed E-state index contributed by atoms with van der Waals surface area (Å²) in [5, 5.41) is 2.87. The lowest BCUT2D eigenvalue weighted by atomic mass is 10.1.